The Hall–Kier alpha value is -2.37. The lowest BCUT2D eigenvalue weighted by Crippen LogP contribution is -2.19. The SMILES string of the molecule is Brc1cccc(C2=CC(c3cccc(Br)c3)n3c(nc4ccccc43)N2)c1. The summed E-state index contributed by atoms with van der Waals surface area (Å²) in [4.78, 5) is 4.84. The second-order valence-electron chi connectivity index (χ2n) is 6.51. The molecule has 132 valence electrons. The Bertz CT molecular complexity index is 1190. The van der Waals surface area contributed by atoms with Crippen molar-refractivity contribution in [1.82, 2.24) is 9.55 Å². The van der Waals surface area contributed by atoms with Crippen molar-refractivity contribution in [3.05, 3.63) is 98.9 Å². The van der Waals surface area contributed by atoms with Gasteiger partial charge in [0.15, 0.2) is 0 Å². The Morgan fingerprint density at radius 1 is 0.852 bits per heavy atom. The van der Waals surface area contributed by atoms with Crippen molar-refractivity contribution in [3.63, 3.8) is 0 Å². The topological polar surface area (TPSA) is 29.9 Å². The Kier molecular flexibility index (Phi) is 4.14. The summed E-state index contributed by atoms with van der Waals surface area (Å²) in [7, 11) is 0. The molecular formula is C22H15Br2N3. The lowest BCUT2D eigenvalue weighted by molar-refractivity contribution is 0.720. The van der Waals surface area contributed by atoms with Gasteiger partial charge in [0.1, 0.15) is 0 Å². The van der Waals surface area contributed by atoms with Crippen LogP contribution in [0.1, 0.15) is 17.2 Å². The largest absolute Gasteiger partial charge is 0.325 e. The highest BCUT2D eigenvalue weighted by Crippen LogP contribution is 2.37. The van der Waals surface area contributed by atoms with Gasteiger partial charge in [-0.3, -0.25) is 4.57 Å². The van der Waals surface area contributed by atoms with Crippen LogP contribution in [0.25, 0.3) is 16.7 Å². The van der Waals surface area contributed by atoms with Crippen molar-refractivity contribution in [3.8, 4) is 0 Å². The lowest BCUT2D eigenvalue weighted by atomic mass is 10.0. The van der Waals surface area contributed by atoms with Crippen LogP contribution in [-0.4, -0.2) is 9.55 Å². The zero-order valence-corrected chi connectivity index (χ0v) is 17.4. The predicted molar refractivity (Wildman–Crippen MR) is 118 cm³/mol. The minimum atomic E-state index is 0.0557. The van der Waals surface area contributed by atoms with E-state index in [9.17, 15) is 0 Å². The van der Waals surface area contributed by atoms with Crippen molar-refractivity contribution in [1.29, 1.82) is 0 Å². The van der Waals surface area contributed by atoms with Crippen molar-refractivity contribution < 1.29 is 0 Å². The number of fused-ring (bicyclic) bond motifs is 3. The molecule has 1 aromatic heterocycles. The predicted octanol–water partition coefficient (Wildman–Crippen LogP) is 6.62. The molecule has 2 heterocycles. The Morgan fingerprint density at radius 3 is 2.44 bits per heavy atom. The summed E-state index contributed by atoms with van der Waals surface area (Å²) in [6, 6.07) is 25.1. The summed E-state index contributed by atoms with van der Waals surface area (Å²) in [5, 5.41) is 3.52. The fourth-order valence-electron chi connectivity index (χ4n) is 3.57. The molecule has 0 fully saturated rings. The molecule has 5 rings (SSSR count). The van der Waals surface area contributed by atoms with Crippen LogP contribution in [0.15, 0.2) is 87.8 Å². The van der Waals surface area contributed by atoms with Gasteiger partial charge in [0.25, 0.3) is 0 Å². The smallest absolute Gasteiger partial charge is 0.209 e. The summed E-state index contributed by atoms with van der Waals surface area (Å²) in [6.45, 7) is 0. The number of aromatic nitrogens is 2. The fourth-order valence-corrected chi connectivity index (χ4v) is 4.39. The van der Waals surface area contributed by atoms with Gasteiger partial charge in [-0.25, -0.2) is 4.98 Å². The maximum Gasteiger partial charge on any atom is 0.209 e. The molecule has 3 aromatic carbocycles. The number of anilines is 1. The molecule has 3 nitrogen and oxygen atoms in total. The number of allylic oxidation sites excluding steroid dienone is 1. The second-order valence-corrected chi connectivity index (χ2v) is 8.34. The normalized spacial score (nSPS) is 15.9. The zero-order chi connectivity index (χ0) is 18.4. The molecule has 1 atom stereocenters. The van der Waals surface area contributed by atoms with E-state index in [1.54, 1.807) is 0 Å². The number of hydrogen-bond acceptors (Lipinski definition) is 2. The van der Waals surface area contributed by atoms with Gasteiger partial charge >= 0.3 is 0 Å². The van der Waals surface area contributed by atoms with E-state index in [0.717, 1.165) is 37.2 Å². The van der Waals surface area contributed by atoms with Gasteiger partial charge in [-0.15, -0.1) is 0 Å². The van der Waals surface area contributed by atoms with Gasteiger partial charge in [-0.1, -0.05) is 68.3 Å². The van der Waals surface area contributed by atoms with Gasteiger partial charge in [0.05, 0.1) is 17.1 Å². The molecule has 5 heteroatoms. The highest BCUT2D eigenvalue weighted by Gasteiger charge is 2.25. The number of para-hydroxylation sites is 2. The molecule has 0 radical (unpaired) electrons. The van der Waals surface area contributed by atoms with Gasteiger partial charge in [0.2, 0.25) is 5.95 Å². The van der Waals surface area contributed by atoms with E-state index < -0.39 is 0 Å². The molecule has 0 saturated heterocycles. The van der Waals surface area contributed by atoms with Crippen LogP contribution < -0.4 is 5.32 Å². The Labute approximate surface area is 174 Å². The van der Waals surface area contributed by atoms with Crippen molar-refractivity contribution in [2.75, 3.05) is 5.32 Å². The molecule has 1 unspecified atom stereocenters. The number of nitrogens with one attached hydrogen (secondary N) is 1. The van der Waals surface area contributed by atoms with Crippen LogP contribution in [0.4, 0.5) is 5.95 Å². The minimum absolute atomic E-state index is 0.0557. The van der Waals surface area contributed by atoms with Crippen LogP contribution in [0, 0.1) is 0 Å². The third-order valence-corrected chi connectivity index (χ3v) is 5.76. The Balaban J connectivity index is 1.74. The monoisotopic (exact) mass is 479 g/mol. The molecular weight excluding hydrogens is 466 g/mol. The summed E-state index contributed by atoms with van der Waals surface area (Å²) in [6.07, 6.45) is 2.27. The molecule has 0 amide bonds. The van der Waals surface area contributed by atoms with Crippen molar-refractivity contribution in [2.45, 2.75) is 6.04 Å². The number of benzene rings is 3. The highest BCUT2D eigenvalue weighted by atomic mass is 79.9. The molecule has 1 aliphatic rings. The van der Waals surface area contributed by atoms with E-state index in [0.29, 0.717) is 0 Å². The van der Waals surface area contributed by atoms with Crippen molar-refractivity contribution >= 4 is 54.5 Å². The number of hydrogen-bond donors (Lipinski definition) is 1. The summed E-state index contributed by atoms with van der Waals surface area (Å²) in [5.74, 6) is 0.860. The van der Waals surface area contributed by atoms with Crippen LogP contribution in [0.5, 0.6) is 0 Å². The molecule has 0 bridgehead atoms. The van der Waals surface area contributed by atoms with Crippen LogP contribution in [0.2, 0.25) is 0 Å². The molecule has 27 heavy (non-hydrogen) atoms. The fraction of sp³-hybridized carbons (Fsp3) is 0.0455. The third-order valence-electron chi connectivity index (χ3n) is 4.77. The summed E-state index contributed by atoms with van der Waals surface area (Å²) < 4.78 is 4.39. The molecule has 4 aromatic rings. The van der Waals surface area contributed by atoms with E-state index in [-0.39, 0.29) is 6.04 Å². The molecule has 1 N–H and O–H groups in total. The first kappa shape index (κ1) is 16.8. The zero-order valence-electron chi connectivity index (χ0n) is 14.2. The van der Waals surface area contributed by atoms with Crippen molar-refractivity contribution in [2.24, 2.45) is 0 Å². The van der Waals surface area contributed by atoms with E-state index in [2.05, 4.69) is 102 Å². The molecule has 1 aliphatic heterocycles. The second kappa shape index (κ2) is 6.66. The number of rotatable bonds is 2. The first-order chi connectivity index (χ1) is 13.2. The van der Waals surface area contributed by atoms with Gasteiger partial charge in [-0.2, -0.15) is 0 Å². The maximum atomic E-state index is 4.84. The van der Waals surface area contributed by atoms with E-state index in [4.69, 9.17) is 4.98 Å². The molecule has 0 aliphatic carbocycles. The number of nitrogens with zero attached hydrogens (tertiary/aromatic N) is 2. The lowest BCUT2D eigenvalue weighted by Gasteiger charge is -2.27. The van der Waals surface area contributed by atoms with E-state index >= 15 is 0 Å². The standard InChI is InChI=1S/C22H15Br2N3/c23-16-7-3-5-14(11-16)19-13-21(15-6-4-8-17(24)12-15)27-20-10-2-1-9-18(20)25-22(27)26-19/h1-13,21H,(H,25,26). The molecule has 0 spiro atoms. The Morgan fingerprint density at radius 2 is 1.63 bits per heavy atom. The van der Waals surface area contributed by atoms with Crippen LogP contribution in [-0.2, 0) is 0 Å². The average Bonchev–Trinajstić information content (AvgIpc) is 3.06. The van der Waals surface area contributed by atoms with E-state index in [1.807, 2.05) is 18.2 Å². The average molecular weight is 481 g/mol. The van der Waals surface area contributed by atoms with Gasteiger partial charge in [-0.05, 0) is 53.6 Å². The van der Waals surface area contributed by atoms with Gasteiger partial charge < -0.3 is 5.32 Å². The van der Waals surface area contributed by atoms with Gasteiger partial charge in [0, 0.05) is 14.6 Å². The van der Waals surface area contributed by atoms with Crippen LogP contribution >= 0.6 is 31.9 Å². The quantitative estimate of drug-likeness (QED) is 0.349. The highest BCUT2D eigenvalue weighted by molar-refractivity contribution is 9.10. The minimum Gasteiger partial charge on any atom is -0.325 e. The van der Waals surface area contributed by atoms with E-state index in [1.165, 1.54) is 5.56 Å². The third kappa shape index (κ3) is 3.01. The first-order valence-corrected chi connectivity index (χ1v) is 10.2. The van der Waals surface area contributed by atoms with Crippen LogP contribution in [0.3, 0.4) is 0 Å². The number of imidazole rings is 1. The first-order valence-electron chi connectivity index (χ1n) is 8.66. The molecule has 0 saturated carbocycles. The summed E-state index contributed by atoms with van der Waals surface area (Å²) >= 11 is 7.19. The summed E-state index contributed by atoms with van der Waals surface area (Å²) in [5.41, 5.74) is 5.51. The number of halogens is 2. The maximum absolute atomic E-state index is 4.84.